The van der Waals surface area contributed by atoms with Crippen molar-refractivity contribution in [1.82, 2.24) is 9.13 Å². The van der Waals surface area contributed by atoms with Gasteiger partial charge in [0.15, 0.2) is 0 Å². The van der Waals surface area contributed by atoms with Crippen LogP contribution in [0.4, 0.5) is 0 Å². The van der Waals surface area contributed by atoms with Crippen molar-refractivity contribution < 1.29 is 69.3 Å². The molecule has 0 aliphatic rings. The van der Waals surface area contributed by atoms with Gasteiger partial charge in [-0.15, -0.1) is 0 Å². The van der Waals surface area contributed by atoms with E-state index in [1.54, 1.807) is 98.8 Å². The van der Waals surface area contributed by atoms with Crippen molar-refractivity contribution in [2.45, 2.75) is 26.7 Å². The average molecular weight is 815 g/mol. The van der Waals surface area contributed by atoms with E-state index in [4.69, 9.17) is 32.7 Å². The molecule has 0 amide bonds. The summed E-state index contributed by atoms with van der Waals surface area (Å²) in [5.74, 6) is -1.75. The molecule has 0 bridgehead atoms. The molecule has 12 nitrogen and oxygen atoms in total. The normalized spacial score (nSPS) is 10.2. The Morgan fingerprint density at radius 3 is 1.19 bits per heavy atom. The molecule has 272 valence electrons. The number of rotatable bonds is 8. The predicted molar refractivity (Wildman–Crippen MR) is 193 cm³/mol. The minimum Gasteiger partial charge on any atom is -0.550 e. The summed E-state index contributed by atoms with van der Waals surface area (Å²) in [4.78, 5) is 48.3. The standard InChI is InChI=1S/2C19H16ClNO4.2H2O.Zn/c2*1-11-15(10-18(22)23)16-9-14(25-2)7-8-17(16)21(11)19(24)12-3-5-13(20)6-4-12;;;/h2*3-9H,10H2,1-2H3,(H,22,23);2*1H2;/q;;;;+2/p-2. The minimum atomic E-state index is -1.20. The van der Waals surface area contributed by atoms with E-state index in [9.17, 15) is 29.4 Å². The monoisotopic (exact) mass is 812 g/mol. The Balaban J connectivity index is 0.000000347. The second-order valence-electron chi connectivity index (χ2n) is 11.3. The second kappa shape index (κ2) is 18.6. The molecule has 4 aromatic carbocycles. The zero-order valence-electron chi connectivity index (χ0n) is 29.1. The van der Waals surface area contributed by atoms with E-state index in [1.807, 2.05) is 0 Å². The Labute approximate surface area is 326 Å². The number of halogens is 2. The molecular weight excluding hydrogens is 781 g/mol. The number of fused-ring (bicyclic) bond motifs is 2. The van der Waals surface area contributed by atoms with Crippen LogP contribution in [-0.2, 0) is 41.9 Å². The second-order valence-corrected chi connectivity index (χ2v) is 12.2. The summed E-state index contributed by atoms with van der Waals surface area (Å²) in [7, 11) is 3.06. The first kappa shape index (κ1) is 44.1. The first-order valence-corrected chi connectivity index (χ1v) is 16.0. The molecule has 15 heteroatoms. The average Bonchev–Trinajstić information content (AvgIpc) is 3.52. The summed E-state index contributed by atoms with van der Waals surface area (Å²) >= 11 is 11.8. The van der Waals surface area contributed by atoms with Gasteiger partial charge < -0.3 is 40.2 Å². The molecule has 0 fully saturated rings. The summed E-state index contributed by atoms with van der Waals surface area (Å²) in [6.07, 6.45) is -0.563. The SMILES string of the molecule is COc1ccc2c(c1)c(CC(=O)[O-])c(C)n2C(=O)c1ccc(Cl)cc1.COc1ccc2c(c1)c(CC(=O)[O-])c(C)n2C(=O)c1ccc(Cl)cc1.O.O.[Zn+2]. The van der Waals surface area contributed by atoms with Crippen LogP contribution in [0.1, 0.15) is 43.2 Å². The smallest absolute Gasteiger partial charge is 0.550 e. The molecule has 53 heavy (non-hydrogen) atoms. The Morgan fingerprint density at radius 2 is 0.906 bits per heavy atom. The van der Waals surface area contributed by atoms with Crippen molar-refractivity contribution in [3.8, 4) is 11.5 Å². The van der Waals surface area contributed by atoms with Gasteiger partial charge in [0, 0.05) is 68.1 Å². The van der Waals surface area contributed by atoms with Crippen molar-refractivity contribution in [1.29, 1.82) is 0 Å². The van der Waals surface area contributed by atoms with E-state index in [-0.39, 0.29) is 55.1 Å². The molecule has 4 N–H and O–H groups in total. The summed E-state index contributed by atoms with van der Waals surface area (Å²) in [5, 5.41) is 24.7. The van der Waals surface area contributed by atoms with Crippen molar-refractivity contribution in [3.05, 3.63) is 129 Å². The zero-order valence-corrected chi connectivity index (χ0v) is 33.6. The molecule has 0 atom stereocenters. The van der Waals surface area contributed by atoms with Gasteiger partial charge in [0.2, 0.25) is 0 Å². The largest absolute Gasteiger partial charge is 2.00 e. The van der Waals surface area contributed by atoms with E-state index in [0.717, 1.165) is 0 Å². The van der Waals surface area contributed by atoms with Crippen LogP contribution in [0.5, 0.6) is 11.5 Å². The molecular formula is C38H34Cl2N2O10Zn. The van der Waals surface area contributed by atoms with Crippen LogP contribution < -0.4 is 19.7 Å². The fourth-order valence-corrected chi connectivity index (χ4v) is 6.13. The number of aromatic nitrogens is 2. The van der Waals surface area contributed by atoms with Crippen LogP contribution in [-0.4, -0.2) is 58.1 Å². The number of methoxy groups -OCH3 is 2. The summed E-state index contributed by atoms with van der Waals surface area (Å²) in [5.41, 5.74) is 4.36. The van der Waals surface area contributed by atoms with Crippen molar-refractivity contribution in [3.63, 3.8) is 0 Å². The molecule has 2 aromatic heterocycles. The van der Waals surface area contributed by atoms with Crippen LogP contribution in [0, 0.1) is 13.8 Å². The predicted octanol–water partition coefficient (Wildman–Crippen LogP) is 3.53. The van der Waals surface area contributed by atoms with E-state index in [2.05, 4.69) is 0 Å². The molecule has 0 aliphatic carbocycles. The van der Waals surface area contributed by atoms with Crippen molar-refractivity contribution in [2.75, 3.05) is 14.2 Å². The van der Waals surface area contributed by atoms with Gasteiger partial charge in [-0.3, -0.25) is 18.7 Å². The molecule has 6 rings (SSSR count). The number of ether oxygens (including phenoxy) is 2. The summed E-state index contributed by atoms with van der Waals surface area (Å²) in [6, 6.07) is 23.5. The number of aliphatic carboxylic acids is 2. The van der Waals surface area contributed by atoms with E-state index in [1.165, 1.54) is 23.4 Å². The number of carbonyl (C=O) groups is 4. The van der Waals surface area contributed by atoms with Gasteiger partial charge in [0.25, 0.3) is 11.8 Å². The molecule has 0 spiro atoms. The molecule has 0 unspecified atom stereocenters. The zero-order chi connectivity index (χ0) is 36.3. The molecule has 0 saturated heterocycles. The maximum absolute atomic E-state index is 13.0. The Kier molecular flexibility index (Phi) is 15.5. The third-order valence-corrected chi connectivity index (χ3v) is 8.82. The minimum absolute atomic E-state index is 0. The van der Waals surface area contributed by atoms with Crippen LogP contribution in [0.25, 0.3) is 21.8 Å². The number of benzene rings is 4. The van der Waals surface area contributed by atoms with Crippen LogP contribution in [0.3, 0.4) is 0 Å². The Hall–Kier alpha value is -5.04. The van der Waals surface area contributed by atoms with Gasteiger partial charge in [-0.2, -0.15) is 0 Å². The number of carboxylic acids is 2. The van der Waals surface area contributed by atoms with Gasteiger partial charge >= 0.3 is 19.5 Å². The van der Waals surface area contributed by atoms with E-state index < -0.39 is 11.9 Å². The molecule has 6 aromatic rings. The fraction of sp³-hybridized carbons (Fsp3) is 0.158. The third kappa shape index (κ3) is 9.31. The Morgan fingerprint density at radius 1 is 0.585 bits per heavy atom. The number of carboxylic acid groups (broad SMARTS) is 2. The van der Waals surface area contributed by atoms with Crippen LogP contribution >= 0.6 is 23.2 Å². The molecule has 0 radical (unpaired) electrons. The van der Waals surface area contributed by atoms with Gasteiger partial charge in [-0.1, -0.05) is 23.2 Å². The molecule has 0 aliphatic heterocycles. The maximum Gasteiger partial charge on any atom is 2.00 e. The van der Waals surface area contributed by atoms with E-state index >= 15 is 0 Å². The van der Waals surface area contributed by atoms with Crippen molar-refractivity contribution in [2.24, 2.45) is 0 Å². The maximum atomic E-state index is 13.0. The molecule has 0 saturated carbocycles. The number of carbonyl (C=O) groups excluding carboxylic acids is 4. The van der Waals surface area contributed by atoms with Crippen molar-refractivity contribution >= 4 is 68.8 Å². The van der Waals surface area contributed by atoms with Gasteiger partial charge in [-0.25, -0.2) is 0 Å². The first-order chi connectivity index (χ1) is 23.8. The van der Waals surface area contributed by atoms with Gasteiger partial charge in [0.05, 0.1) is 25.3 Å². The topological polar surface area (TPSA) is 206 Å². The Bertz CT molecular complexity index is 2120. The van der Waals surface area contributed by atoms with Gasteiger partial charge in [0.1, 0.15) is 11.5 Å². The molecule has 2 heterocycles. The summed E-state index contributed by atoms with van der Waals surface area (Å²) < 4.78 is 13.5. The van der Waals surface area contributed by atoms with Gasteiger partial charge in [-0.05, 0) is 110 Å². The summed E-state index contributed by atoms with van der Waals surface area (Å²) in [6.45, 7) is 3.44. The fourth-order valence-electron chi connectivity index (χ4n) is 5.88. The number of hydrogen-bond acceptors (Lipinski definition) is 8. The first-order valence-electron chi connectivity index (χ1n) is 15.2. The third-order valence-electron chi connectivity index (χ3n) is 8.31. The quantitative estimate of drug-likeness (QED) is 0.207. The van der Waals surface area contributed by atoms with E-state index in [0.29, 0.717) is 77.0 Å². The van der Waals surface area contributed by atoms with Crippen LogP contribution in [0.15, 0.2) is 84.9 Å². The number of hydrogen-bond donors (Lipinski definition) is 0. The van der Waals surface area contributed by atoms with Crippen LogP contribution in [0.2, 0.25) is 10.0 Å². The number of nitrogens with zero attached hydrogens (tertiary/aromatic N) is 2.